The predicted octanol–water partition coefficient (Wildman–Crippen LogP) is 5.40. The van der Waals surface area contributed by atoms with Crippen LogP contribution in [0.1, 0.15) is 35.6 Å². The maximum Gasteiger partial charge on any atom is 0.416 e. The molecule has 0 unspecified atom stereocenters. The topological polar surface area (TPSA) is 41.6 Å². The number of nitrogens with zero attached hydrogens (tertiary/aromatic N) is 1. The molecule has 1 N–H and O–H groups in total. The van der Waals surface area contributed by atoms with E-state index in [2.05, 4.69) is 5.32 Å². The number of halogens is 7. The summed E-state index contributed by atoms with van der Waals surface area (Å²) in [6.07, 6.45) is -9.80. The third-order valence-electron chi connectivity index (χ3n) is 5.43. The molecule has 0 spiro atoms. The minimum atomic E-state index is -5.03. The van der Waals surface area contributed by atoms with E-state index in [1.807, 2.05) is 0 Å². The fourth-order valence-corrected chi connectivity index (χ4v) is 3.92. The largest absolute Gasteiger partial charge is 0.478 e. The van der Waals surface area contributed by atoms with Crippen LogP contribution in [0.4, 0.5) is 36.4 Å². The van der Waals surface area contributed by atoms with Crippen molar-refractivity contribution in [3.63, 3.8) is 0 Å². The van der Waals surface area contributed by atoms with Crippen LogP contribution in [0, 0.1) is 5.82 Å². The Morgan fingerprint density at radius 1 is 0.938 bits per heavy atom. The van der Waals surface area contributed by atoms with Crippen LogP contribution in [-0.4, -0.2) is 30.0 Å². The quantitative estimate of drug-likeness (QED) is 0.622. The Bertz CT molecular complexity index is 998. The molecule has 172 valence electrons. The Morgan fingerprint density at radius 3 is 2.09 bits per heavy atom. The maximum atomic E-state index is 13.9. The first kappa shape index (κ1) is 22.2. The van der Waals surface area contributed by atoms with Crippen LogP contribution in [0.25, 0.3) is 0 Å². The molecule has 2 aromatic rings. The van der Waals surface area contributed by atoms with Gasteiger partial charge < -0.3 is 15.0 Å². The number of hydrogen-bond donors (Lipinski definition) is 1. The summed E-state index contributed by atoms with van der Waals surface area (Å²) in [7, 11) is 0. The van der Waals surface area contributed by atoms with Gasteiger partial charge in [0.1, 0.15) is 17.6 Å². The fourth-order valence-electron chi connectivity index (χ4n) is 3.92. The average molecular weight is 462 g/mol. The second-order valence-corrected chi connectivity index (χ2v) is 7.67. The highest BCUT2D eigenvalue weighted by molar-refractivity contribution is 5.84. The number of anilines is 1. The normalized spacial score (nSPS) is 20.8. The van der Waals surface area contributed by atoms with Crippen molar-refractivity contribution in [1.29, 1.82) is 0 Å². The molecule has 4 rings (SSSR count). The maximum absolute atomic E-state index is 13.9. The smallest absolute Gasteiger partial charge is 0.416 e. The predicted molar refractivity (Wildman–Crippen MR) is 99.4 cm³/mol. The minimum absolute atomic E-state index is 0.0107. The summed E-state index contributed by atoms with van der Waals surface area (Å²) < 4.78 is 98.8. The molecule has 0 radical (unpaired) electrons. The van der Waals surface area contributed by atoms with E-state index < -0.39 is 53.0 Å². The molecule has 4 nitrogen and oxygen atoms in total. The lowest BCUT2D eigenvalue weighted by Gasteiger charge is -2.26. The van der Waals surface area contributed by atoms with E-state index in [0.29, 0.717) is 25.2 Å². The molecule has 32 heavy (non-hydrogen) atoms. The number of ether oxygens (including phenoxy) is 1. The molecule has 2 aromatic carbocycles. The first-order chi connectivity index (χ1) is 14.9. The first-order valence-corrected chi connectivity index (χ1v) is 9.74. The van der Waals surface area contributed by atoms with E-state index in [4.69, 9.17) is 4.74 Å². The summed E-state index contributed by atoms with van der Waals surface area (Å²) >= 11 is 0. The fraction of sp³-hybridized carbons (Fsp3) is 0.381. The van der Waals surface area contributed by atoms with E-state index in [-0.39, 0.29) is 17.4 Å². The summed E-state index contributed by atoms with van der Waals surface area (Å²) in [6, 6.07) is 3.26. The summed E-state index contributed by atoms with van der Waals surface area (Å²) in [5.74, 6) is -1.03. The van der Waals surface area contributed by atoms with E-state index in [9.17, 15) is 35.5 Å². The van der Waals surface area contributed by atoms with Gasteiger partial charge >= 0.3 is 12.4 Å². The van der Waals surface area contributed by atoms with Gasteiger partial charge in [-0.2, -0.15) is 26.3 Å². The number of carbonyl (C=O) groups is 1. The molecule has 11 heteroatoms. The molecule has 0 saturated carbocycles. The molecule has 2 atom stereocenters. The summed E-state index contributed by atoms with van der Waals surface area (Å²) in [4.78, 5) is 14.5. The van der Waals surface area contributed by atoms with Gasteiger partial charge in [-0.25, -0.2) is 4.39 Å². The van der Waals surface area contributed by atoms with E-state index >= 15 is 0 Å². The second kappa shape index (κ2) is 7.86. The number of amides is 1. The zero-order valence-corrected chi connectivity index (χ0v) is 16.4. The Hall–Kier alpha value is -2.98. The molecule has 2 aliphatic rings. The van der Waals surface area contributed by atoms with E-state index in [1.54, 1.807) is 0 Å². The highest BCUT2D eigenvalue weighted by Crippen LogP contribution is 2.42. The number of nitrogens with one attached hydrogen (secondary N) is 1. The minimum Gasteiger partial charge on any atom is -0.478 e. The van der Waals surface area contributed by atoms with Crippen molar-refractivity contribution in [1.82, 2.24) is 4.90 Å². The number of carbonyl (C=O) groups excluding carboxylic acids is 1. The van der Waals surface area contributed by atoms with Crippen molar-refractivity contribution in [3.05, 3.63) is 58.9 Å². The zero-order chi connectivity index (χ0) is 23.3. The van der Waals surface area contributed by atoms with Crippen molar-refractivity contribution in [2.24, 2.45) is 0 Å². The van der Waals surface area contributed by atoms with Gasteiger partial charge in [-0.1, -0.05) is 0 Å². The molecule has 1 fully saturated rings. The van der Waals surface area contributed by atoms with E-state index in [1.165, 1.54) is 11.0 Å². The summed E-state index contributed by atoms with van der Waals surface area (Å²) in [5.41, 5.74) is -3.39. The van der Waals surface area contributed by atoms with Gasteiger partial charge in [-0.3, -0.25) is 4.79 Å². The number of benzene rings is 2. The first-order valence-electron chi connectivity index (χ1n) is 9.74. The van der Waals surface area contributed by atoms with Crippen LogP contribution >= 0.6 is 0 Å². The highest BCUT2D eigenvalue weighted by atomic mass is 19.4. The van der Waals surface area contributed by atoms with Crippen molar-refractivity contribution < 1.29 is 40.3 Å². The van der Waals surface area contributed by atoms with E-state index in [0.717, 1.165) is 25.0 Å². The lowest BCUT2D eigenvalue weighted by molar-refractivity contribution is -0.143. The standard InChI is InChI=1S/C21H17F7N2O2/c22-13-3-4-16-15(10-13)17(18(32-16)19(31)30-5-1-2-6-30)29-14-8-11(20(23,24)25)7-12(9-14)21(26,27)28/h3-4,7-10,17-18,29H,1-2,5-6H2/t17-,18-/m1/s1. The van der Waals surface area contributed by atoms with Gasteiger partial charge in [-0.05, 0) is 49.2 Å². The molecule has 2 aliphatic heterocycles. The number of hydrogen-bond acceptors (Lipinski definition) is 3. The molecule has 0 aromatic heterocycles. The SMILES string of the molecule is O=C([C@@H]1Oc2ccc(F)cc2[C@H]1Nc1cc(C(F)(F)F)cc(C(F)(F)F)c1)N1CCCC1. The molecular formula is C21H17F7N2O2. The van der Waals surface area contributed by atoms with Crippen LogP contribution in [0.5, 0.6) is 5.75 Å². The Balaban J connectivity index is 1.74. The molecule has 0 bridgehead atoms. The lowest BCUT2D eigenvalue weighted by atomic mass is 10.0. The van der Waals surface area contributed by atoms with Gasteiger partial charge in [0, 0.05) is 24.3 Å². The monoisotopic (exact) mass is 462 g/mol. The molecule has 0 aliphatic carbocycles. The summed E-state index contributed by atoms with van der Waals surface area (Å²) in [6.45, 7) is 0.913. The third kappa shape index (κ3) is 4.33. The van der Waals surface area contributed by atoms with Crippen LogP contribution in [0.3, 0.4) is 0 Å². The van der Waals surface area contributed by atoms with Gasteiger partial charge in [-0.15, -0.1) is 0 Å². The van der Waals surface area contributed by atoms with Crippen LogP contribution in [0.2, 0.25) is 0 Å². The number of alkyl halides is 6. The van der Waals surface area contributed by atoms with Crippen molar-refractivity contribution >= 4 is 11.6 Å². The van der Waals surface area contributed by atoms with Crippen molar-refractivity contribution in [2.45, 2.75) is 37.3 Å². The highest BCUT2D eigenvalue weighted by Gasteiger charge is 2.43. The van der Waals surface area contributed by atoms with Gasteiger partial charge in [0.2, 0.25) is 6.10 Å². The van der Waals surface area contributed by atoms with Gasteiger partial charge in [0.15, 0.2) is 0 Å². The second-order valence-electron chi connectivity index (χ2n) is 7.67. The molecule has 2 heterocycles. The molecular weight excluding hydrogens is 445 g/mol. The van der Waals surface area contributed by atoms with Gasteiger partial charge in [0.05, 0.1) is 11.1 Å². The third-order valence-corrected chi connectivity index (χ3v) is 5.43. The zero-order valence-electron chi connectivity index (χ0n) is 16.4. The Morgan fingerprint density at radius 2 is 1.53 bits per heavy atom. The average Bonchev–Trinajstić information content (AvgIpc) is 3.35. The number of rotatable bonds is 3. The molecule has 1 saturated heterocycles. The van der Waals surface area contributed by atoms with Crippen LogP contribution in [0.15, 0.2) is 36.4 Å². The van der Waals surface area contributed by atoms with Crippen LogP contribution in [-0.2, 0) is 17.1 Å². The van der Waals surface area contributed by atoms with Crippen LogP contribution < -0.4 is 10.1 Å². The molecule has 1 amide bonds. The van der Waals surface area contributed by atoms with Crippen molar-refractivity contribution in [3.8, 4) is 5.75 Å². The van der Waals surface area contributed by atoms with Gasteiger partial charge in [0.25, 0.3) is 5.91 Å². The number of likely N-dealkylation sites (tertiary alicyclic amines) is 1. The number of fused-ring (bicyclic) bond motifs is 1. The lowest BCUT2D eigenvalue weighted by Crippen LogP contribution is -2.43. The Kier molecular flexibility index (Phi) is 5.46. The summed E-state index contributed by atoms with van der Waals surface area (Å²) in [5, 5.41) is 2.56. The Labute approximate surface area is 178 Å². The van der Waals surface area contributed by atoms with Crippen molar-refractivity contribution in [2.75, 3.05) is 18.4 Å².